The van der Waals surface area contributed by atoms with Crippen LogP contribution in [0.5, 0.6) is 5.75 Å². The molecule has 0 aliphatic carbocycles. The highest BCUT2D eigenvalue weighted by Gasteiger charge is 2.32. The third-order valence-electron chi connectivity index (χ3n) is 4.86. The number of hydrogen-bond donors (Lipinski definition) is 2. The fourth-order valence-corrected chi connectivity index (χ4v) is 4.46. The van der Waals surface area contributed by atoms with E-state index in [1.54, 1.807) is 16.2 Å². The second-order valence-corrected chi connectivity index (χ2v) is 9.17. The summed E-state index contributed by atoms with van der Waals surface area (Å²) in [4.78, 5) is 18.9. The Morgan fingerprint density at radius 1 is 1.44 bits per heavy atom. The van der Waals surface area contributed by atoms with Crippen LogP contribution < -0.4 is 15.8 Å². The molecule has 1 saturated heterocycles. The molecule has 3 N–H and O–H groups in total. The molecule has 8 heteroatoms. The normalized spacial score (nSPS) is 22.4. The first kappa shape index (κ1) is 18.3. The summed E-state index contributed by atoms with van der Waals surface area (Å²) in [5.41, 5.74) is 8.00. The molecule has 146 valence electrons. The summed E-state index contributed by atoms with van der Waals surface area (Å²) in [7, 11) is 0. The van der Waals surface area contributed by atoms with E-state index in [1.165, 1.54) is 5.56 Å². The zero-order valence-corrected chi connectivity index (χ0v) is 16.8. The molecule has 27 heavy (non-hydrogen) atoms. The first-order valence-corrected chi connectivity index (χ1v) is 10.2. The fourth-order valence-electron chi connectivity index (χ4n) is 3.51. The van der Waals surface area contributed by atoms with Crippen LogP contribution in [-0.4, -0.2) is 53.4 Å². The number of nitrogens with one attached hydrogen (secondary N) is 1. The van der Waals surface area contributed by atoms with Crippen molar-refractivity contribution in [3.63, 3.8) is 0 Å². The van der Waals surface area contributed by atoms with Gasteiger partial charge in [0.1, 0.15) is 11.4 Å². The minimum Gasteiger partial charge on any atom is -0.493 e. The van der Waals surface area contributed by atoms with E-state index in [2.05, 4.69) is 11.4 Å². The summed E-state index contributed by atoms with van der Waals surface area (Å²) in [5.74, 6) is 0.935. The Kier molecular flexibility index (Phi) is 4.63. The van der Waals surface area contributed by atoms with E-state index >= 15 is 0 Å². The van der Waals surface area contributed by atoms with Crippen LogP contribution in [0.15, 0.2) is 12.1 Å². The van der Waals surface area contributed by atoms with Crippen molar-refractivity contribution in [1.82, 2.24) is 9.88 Å². The Balaban J connectivity index is 1.49. The van der Waals surface area contributed by atoms with Crippen molar-refractivity contribution in [1.29, 1.82) is 0 Å². The Morgan fingerprint density at radius 3 is 3.04 bits per heavy atom. The van der Waals surface area contributed by atoms with Crippen molar-refractivity contribution in [2.45, 2.75) is 51.3 Å². The number of aromatic nitrogens is 1. The van der Waals surface area contributed by atoms with Gasteiger partial charge in [-0.1, -0.05) is 11.3 Å². The van der Waals surface area contributed by atoms with Gasteiger partial charge in [-0.3, -0.25) is 0 Å². The predicted octanol–water partition coefficient (Wildman–Crippen LogP) is 2.98. The highest BCUT2D eigenvalue weighted by Crippen LogP contribution is 2.36. The number of amides is 1. The molecular formula is C19H26N4O3S. The summed E-state index contributed by atoms with van der Waals surface area (Å²) >= 11 is 1.61. The first-order valence-electron chi connectivity index (χ1n) is 9.35. The van der Waals surface area contributed by atoms with Crippen molar-refractivity contribution in [2.75, 3.05) is 25.0 Å². The van der Waals surface area contributed by atoms with Gasteiger partial charge in [-0.05, 0) is 39.3 Å². The lowest BCUT2D eigenvalue weighted by Crippen LogP contribution is -2.56. The number of fused-ring (bicyclic) bond motifs is 3. The lowest BCUT2D eigenvalue weighted by Gasteiger charge is -2.37. The van der Waals surface area contributed by atoms with Crippen LogP contribution in [0.25, 0.3) is 10.2 Å². The van der Waals surface area contributed by atoms with Gasteiger partial charge < -0.3 is 25.4 Å². The monoisotopic (exact) mass is 390 g/mol. The maximum atomic E-state index is 12.4. The van der Waals surface area contributed by atoms with Crippen LogP contribution in [0.4, 0.5) is 9.93 Å². The lowest BCUT2D eigenvalue weighted by molar-refractivity contribution is 0.0196. The summed E-state index contributed by atoms with van der Waals surface area (Å²) < 4.78 is 12.3. The average molecular weight is 391 g/mol. The standard InChI is InChI=1S/C19H26N4O3S/c1-19(2,3)26-18(24)23-8-6-12(20)13(10-23)21-17-22-16-11-7-9-25-14(11)4-5-15(16)27-17/h4-5,12-13H,6-10,20H2,1-3H3,(H,21,22)/t12-,13-/m0/s1. The van der Waals surface area contributed by atoms with E-state index in [1.807, 2.05) is 26.8 Å². The molecule has 0 radical (unpaired) electrons. The van der Waals surface area contributed by atoms with Crippen molar-refractivity contribution < 1.29 is 14.3 Å². The van der Waals surface area contributed by atoms with Crippen molar-refractivity contribution >= 4 is 32.8 Å². The van der Waals surface area contributed by atoms with Crippen LogP contribution in [-0.2, 0) is 11.2 Å². The van der Waals surface area contributed by atoms with Crippen LogP contribution in [0.2, 0.25) is 0 Å². The summed E-state index contributed by atoms with van der Waals surface area (Å²) in [6, 6.07) is 3.97. The van der Waals surface area contributed by atoms with Gasteiger partial charge in [0, 0.05) is 31.1 Å². The molecule has 2 atom stereocenters. The number of benzene rings is 1. The second-order valence-electron chi connectivity index (χ2n) is 8.14. The summed E-state index contributed by atoms with van der Waals surface area (Å²) in [6.45, 7) is 7.46. The Bertz CT molecular complexity index is 860. The quantitative estimate of drug-likeness (QED) is 0.819. The molecule has 0 saturated carbocycles. The number of hydrogen-bond acceptors (Lipinski definition) is 7. The molecule has 2 aliphatic heterocycles. The summed E-state index contributed by atoms with van der Waals surface area (Å²) in [6.07, 6.45) is 1.33. The Labute approximate surface area is 162 Å². The Morgan fingerprint density at radius 2 is 2.26 bits per heavy atom. The molecule has 1 amide bonds. The van der Waals surface area contributed by atoms with Gasteiger partial charge >= 0.3 is 6.09 Å². The third-order valence-corrected chi connectivity index (χ3v) is 5.81. The van der Waals surface area contributed by atoms with E-state index in [-0.39, 0.29) is 18.2 Å². The molecule has 1 fully saturated rings. The second kappa shape index (κ2) is 6.83. The number of anilines is 1. The molecule has 3 heterocycles. The fraction of sp³-hybridized carbons (Fsp3) is 0.579. The lowest BCUT2D eigenvalue weighted by atomic mass is 10.0. The predicted molar refractivity (Wildman–Crippen MR) is 107 cm³/mol. The van der Waals surface area contributed by atoms with Gasteiger partial charge in [0.15, 0.2) is 5.13 Å². The van der Waals surface area contributed by atoms with Crippen molar-refractivity contribution in [2.24, 2.45) is 5.73 Å². The minimum absolute atomic E-state index is 0.0373. The zero-order valence-electron chi connectivity index (χ0n) is 15.9. The number of ether oxygens (including phenoxy) is 2. The summed E-state index contributed by atoms with van der Waals surface area (Å²) in [5, 5.41) is 4.28. The van der Waals surface area contributed by atoms with Crippen LogP contribution in [0.1, 0.15) is 32.8 Å². The molecule has 4 rings (SSSR count). The van der Waals surface area contributed by atoms with Gasteiger partial charge in [-0.25, -0.2) is 9.78 Å². The van der Waals surface area contributed by atoms with E-state index in [0.29, 0.717) is 19.7 Å². The number of likely N-dealkylation sites (tertiary alicyclic amines) is 1. The highest BCUT2D eigenvalue weighted by molar-refractivity contribution is 7.22. The SMILES string of the molecule is CC(C)(C)OC(=O)N1CC[C@H](N)[C@@H](Nc2nc3c4c(ccc3s2)OCC4)C1. The van der Waals surface area contributed by atoms with E-state index in [9.17, 15) is 4.79 Å². The van der Waals surface area contributed by atoms with Crippen molar-refractivity contribution in [3.8, 4) is 5.75 Å². The van der Waals surface area contributed by atoms with Crippen LogP contribution in [0, 0.1) is 0 Å². The molecule has 0 spiro atoms. The molecule has 7 nitrogen and oxygen atoms in total. The first-order chi connectivity index (χ1) is 12.8. The van der Waals surface area contributed by atoms with E-state index < -0.39 is 5.60 Å². The maximum absolute atomic E-state index is 12.4. The topological polar surface area (TPSA) is 89.7 Å². The number of rotatable bonds is 2. The third kappa shape index (κ3) is 3.82. The van der Waals surface area contributed by atoms with Gasteiger partial charge in [0.05, 0.1) is 22.9 Å². The van der Waals surface area contributed by atoms with E-state index in [0.717, 1.165) is 33.9 Å². The van der Waals surface area contributed by atoms with Gasteiger partial charge in [-0.2, -0.15) is 0 Å². The number of nitrogens with two attached hydrogens (primary N) is 1. The van der Waals surface area contributed by atoms with Gasteiger partial charge in [-0.15, -0.1) is 0 Å². The number of piperidine rings is 1. The van der Waals surface area contributed by atoms with Gasteiger partial charge in [0.2, 0.25) is 0 Å². The zero-order chi connectivity index (χ0) is 19.2. The van der Waals surface area contributed by atoms with Crippen LogP contribution >= 0.6 is 11.3 Å². The smallest absolute Gasteiger partial charge is 0.410 e. The number of carbonyl (C=O) groups excluding carboxylic acids is 1. The number of nitrogens with zero attached hydrogens (tertiary/aromatic N) is 2. The van der Waals surface area contributed by atoms with Gasteiger partial charge in [0.25, 0.3) is 0 Å². The minimum atomic E-state index is -0.505. The Hall–Kier alpha value is -2.06. The average Bonchev–Trinajstić information content (AvgIpc) is 3.20. The molecule has 0 unspecified atom stereocenters. The molecule has 2 aromatic rings. The number of carbonyl (C=O) groups is 1. The van der Waals surface area contributed by atoms with E-state index in [4.69, 9.17) is 20.2 Å². The molecule has 0 bridgehead atoms. The molecule has 1 aromatic heterocycles. The largest absolute Gasteiger partial charge is 0.493 e. The maximum Gasteiger partial charge on any atom is 0.410 e. The van der Waals surface area contributed by atoms with Crippen LogP contribution in [0.3, 0.4) is 0 Å². The molecular weight excluding hydrogens is 364 g/mol. The van der Waals surface area contributed by atoms with Crippen molar-refractivity contribution in [3.05, 3.63) is 17.7 Å². The molecule has 2 aliphatic rings. The number of thiazole rings is 1. The molecule has 1 aromatic carbocycles. The highest BCUT2D eigenvalue weighted by atomic mass is 32.1.